The Morgan fingerprint density at radius 2 is 2.06 bits per heavy atom. The smallest absolute Gasteiger partial charge is 0.202 e. The van der Waals surface area contributed by atoms with Crippen LogP contribution >= 0.6 is 23.3 Å². The molecule has 96 valence electrons. The van der Waals surface area contributed by atoms with Gasteiger partial charge in [-0.15, -0.1) is 11.8 Å². The Labute approximate surface area is 116 Å². The number of rotatable bonds is 6. The van der Waals surface area contributed by atoms with Crippen LogP contribution in [0.5, 0.6) is 0 Å². The van der Waals surface area contributed by atoms with Gasteiger partial charge in [-0.05, 0) is 18.1 Å². The molecule has 18 heavy (non-hydrogen) atoms. The molecule has 0 bridgehead atoms. The summed E-state index contributed by atoms with van der Waals surface area (Å²) < 4.78 is 4.36. The molecule has 0 radical (unpaired) electrons. The highest BCUT2D eigenvalue weighted by molar-refractivity contribution is 7.98. The van der Waals surface area contributed by atoms with Crippen LogP contribution in [-0.4, -0.2) is 15.9 Å². The Kier molecular flexibility index (Phi) is 5.01. The zero-order chi connectivity index (χ0) is 12.8. The van der Waals surface area contributed by atoms with E-state index in [0.29, 0.717) is 5.92 Å². The maximum Gasteiger partial charge on any atom is 0.202 e. The molecule has 0 aliphatic carbocycles. The Morgan fingerprint density at radius 1 is 1.28 bits per heavy atom. The summed E-state index contributed by atoms with van der Waals surface area (Å²) in [5, 5.41) is 4.22. The summed E-state index contributed by atoms with van der Waals surface area (Å²) in [7, 11) is 0. The first-order valence-corrected chi connectivity index (χ1v) is 7.74. The van der Waals surface area contributed by atoms with Gasteiger partial charge in [0.05, 0.1) is 5.75 Å². The fourth-order valence-electron chi connectivity index (χ4n) is 1.34. The minimum Gasteiger partial charge on any atom is -0.360 e. The van der Waals surface area contributed by atoms with Crippen LogP contribution in [-0.2, 0) is 5.75 Å². The van der Waals surface area contributed by atoms with Crippen molar-refractivity contribution < 1.29 is 0 Å². The Balaban J connectivity index is 1.83. The first-order chi connectivity index (χ1) is 8.74. The predicted octanol–water partition coefficient (Wildman–Crippen LogP) is 3.90. The lowest BCUT2D eigenvalue weighted by Crippen LogP contribution is -2.07. The van der Waals surface area contributed by atoms with Gasteiger partial charge in [0, 0.05) is 23.0 Å². The second-order valence-corrected chi connectivity index (χ2v) is 6.19. The Bertz CT molecular complexity index is 468. The zero-order valence-corrected chi connectivity index (χ0v) is 12.2. The Hall–Kier alpha value is -1.07. The van der Waals surface area contributed by atoms with Crippen molar-refractivity contribution >= 4 is 28.4 Å². The maximum absolute atomic E-state index is 4.47. The first kappa shape index (κ1) is 13.4. The molecular weight excluding hydrogens is 262 g/mol. The third-order valence-corrected chi connectivity index (χ3v) is 3.96. The normalized spacial score (nSPS) is 10.8. The lowest BCUT2D eigenvalue weighted by atomic mass is 10.2. The van der Waals surface area contributed by atoms with Crippen molar-refractivity contribution in [2.45, 2.75) is 24.5 Å². The van der Waals surface area contributed by atoms with E-state index in [1.165, 1.54) is 16.4 Å². The summed E-state index contributed by atoms with van der Waals surface area (Å²) in [6, 6.07) is 10.3. The van der Waals surface area contributed by atoms with Crippen molar-refractivity contribution in [2.24, 2.45) is 5.92 Å². The summed E-state index contributed by atoms with van der Waals surface area (Å²) in [6.45, 7) is 5.31. The number of hydrogen-bond donors (Lipinski definition) is 1. The molecule has 0 atom stereocenters. The van der Waals surface area contributed by atoms with Crippen molar-refractivity contribution in [2.75, 3.05) is 11.9 Å². The molecule has 1 aromatic carbocycles. The first-order valence-electron chi connectivity index (χ1n) is 5.98. The van der Waals surface area contributed by atoms with Gasteiger partial charge >= 0.3 is 0 Å². The minimum atomic E-state index is 0.621. The van der Waals surface area contributed by atoms with Gasteiger partial charge in [0.1, 0.15) is 0 Å². The van der Waals surface area contributed by atoms with Crippen molar-refractivity contribution in [3.63, 3.8) is 0 Å². The van der Waals surface area contributed by atoms with Crippen LogP contribution in [0.25, 0.3) is 0 Å². The fourth-order valence-corrected chi connectivity index (χ4v) is 2.79. The molecule has 0 fully saturated rings. The molecule has 0 amide bonds. The van der Waals surface area contributed by atoms with Crippen LogP contribution in [0.3, 0.4) is 0 Å². The fraction of sp³-hybridized carbons (Fsp3) is 0.385. The largest absolute Gasteiger partial charge is 0.360 e. The predicted molar refractivity (Wildman–Crippen MR) is 79.2 cm³/mol. The van der Waals surface area contributed by atoms with Crippen LogP contribution in [0.4, 0.5) is 5.13 Å². The van der Waals surface area contributed by atoms with Gasteiger partial charge in [-0.2, -0.15) is 4.37 Å². The van der Waals surface area contributed by atoms with E-state index in [1.54, 1.807) is 11.8 Å². The zero-order valence-electron chi connectivity index (χ0n) is 10.6. The summed E-state index contributed by atoms with van der Waals surface area (Å²) in [4.78, 5) is 5.73. The van der Waals surface area contributed by atoms with Gasteiger partial charge < -0.3 is 5.32 Å². The molecule has 2 aromatic rings. The van der Waals surface area contributed by atoms with Crippen molar-refractivity contribution in [1.29, 1.82) is 0 Å². The van der Waals surface area contributed by atoms with E-state index in [-0.39, 0.29) is 0 Å². The quantitative estimate of drug-likeness (QED) is 0.814. The van der Waals surface area contributed by atoms with Crippen molar-refractivity contribution in [3.8, 4) is 0 Å². The second kappa shape index (κ2) is 6.75. The third kappa shape index (κ3) is 4.31. The number of nitrogens with zero attached hydrogens (tertiary/aromatic N) is 2. The summed E-state index contributed by atoms with van der Waals surface area (Å²) in [5.41, 5.74) is 0. The van der Waals surface area contributed by atoms with E-state index in [2.05, 4.69) is 40.7 Å². The number of thioether (sulfide) groups is 1. The third-order valence-electron chi connectivity index (χ3n) is 2.24. The summed E-state index contributed by atoms with van der Waals surface area (Å²) >= 11 is 3.21. The average molecular weight is 279 g/mol. The topological polar surface area (TPSA) is 37.8 Å². The molecular formula is C13H17N3S2. The second-order valence-electron chi connectivity index (χ2n) is 4.39. The molecule has 5 heteroatoms. The lowest BCUT2D eigenvalue weighted by Gasteiger charge is -2.03. The van der Waals surface area contributed by atoms with Crippen LogP contribution in [0.1, 0.15) is 19.7 Å². The van der Waals surface area contributed by atoms with Gasteiger partial charge in [0.2, 0.25) is 5.13 Å². The molecule has 2 rings (SSSR count). The SMILES string of the molecule is CC(C)CNc1nc(CSc2ccccc2)ns1. The van der Waals surface area contributed by atoms with Gasteiger partial charge in [-0.25, -0.2) is 4.98 Å². The van der Waals surface area contributed by atoms with Crippen LogP contribution in [0, 0.1) is 5.92 Å². The number of aromatic nitrogens is 2. The molecule has 3 nitrogen and oxygen atoms in total. The average Bonchev–Trinajstić information content (AvgIpc) is 2.83. The van der Waals surface area contributed by atoms with E-state index in [1.807, 2.05) is 18.2 Å². The van der Waals surface area contributed by atoms with Gasteiger partial charge in [0.15, 0.2) is 5.82 Å². The van der Waals surface area contributed by atoms with E-state index in [9.17, 15) is 0 Å². The number of anilines is 1. The van der Waals surface area contributed by atoms with E-state index in [0.717, 1.165) is 23.3 Å². The minimum absolute atomic E-state index is 0.621. The lowest BCUT2D eigenvalue weighted by molar-refractivity contribution is 0.688. The number of nitrogens with one attached hydrogen (secondary N) is 1. The highest BCUT2D eigenvalue weighted by atomic mass is 32.2. The number of benzene rings is 1. The summed E-state index contributed by atoms with van der Waals surface area (Å²) in [6.07, 6.45) is 0. The molecule has 1 aromatic heterocycles. The molecule has 0 unspecified atom stereocenters. The van der Waals surface area contributed by atoms with E-state index in [4.69, 9.17) is 0 Å². The molecule has 1 heterocycles. The van der Waals surface area contributed by atoms with Gasteiger partial charge in [0.25, 0.3) is 0 Å². The van der Waals surface area contributed by atoms with Crippen LogP contribution in [0.15, 0.2) is 35.2 Å². The standard InChI is InChI=1S/C13H17N3S2/c1-10(2)8-14-13-15-12(16-18-13)9-17-11-6-4-3-5-7-11/h3-7,10H,8-9H2,1-2H3,(H,14,15,16). The summed E-state index contributed by atoms with van der Waals surface area (Å²) in [5.74, 6) is 2.35. The highest BCUT2D eigenvalue weighted by Crippen LogP contribution is 2.22. The highest BCUT2D eigenvalue weighted by Gasteiger charge is 2.04. The van der Waals surface area contributed by atoms with Crippen molar-refractivity contribution in [3.05, 3.63) is 36.2 Å². The van der Waals surface area contributed by atoms with Crippen molar-refractivity contribution in [1.82, 2.24) is 9.36 Å². The molecule has 0 spiro atoms. The monoisotopic (exact) mass is 279 g/mol. The van der Waals surface area contributed by atoms with Gasteiger partial charge in [-0.1, -0.05) is 32.0 Å². The maximum atomic E-state index is 4.47. The van der Waals surface area contributed by atoms with Crippen LogP contribution < -0.4 is 5.32 Å². The van der Waals surface area contributed by atoms with E-state index < -0.39 is 0 Å². The molecule has 0 aliphatic heterocycles. The molecule has 0 saturated heterocycles. The molecule has 1 N–H and O–H groups in total. The van der Waals surface area contributed by atoms with Gasteiger partial charge in [-0.3, -0.25) is 0 Å². The molecule has 0 aliphatic rings. The Morgan fingerprint density at radius 3 is 2.78 bits per heavy atom. The van der Waals surface area contributed by atoms with Crippen LogP contribution in [0.2, 0.25) is 0 Å². The number of hydrogen-bond acceptors (Lipinski definition) is 5. The van der Waals surface area contributed by atoms with E-state index >= 15 is 0 Å². The molecule has 0 saturated carbocycles.